The van der Waals surface area contributed by atoms with Crippen molar-refractivity contribution in [1.29, 1.82) is 0 Å². The fourth-order valence-electron chi connectivity index (χ4n) is 2.95. The number of nitrogens with zero attached hydrogens (tertiary/aromatic N) is 1. The molecule has 2 aliphatic heterocycles. The topological polar surface area (TPSA) is 32.3 Å². The van der Waals surface area contributed by atoms with Crippen LogP contribution in [0, 0.1) is 0 Å². The first-order valence-corrected chi connectivity index (χ1v) is 6.98. The molecule has 0 saturated carbocycles. The monoisotopic (exact) mass is 256 g/mol. The summed E-state index contributed by atoms with van der Waals surface area (Å²) in [5, 5.41) is 3.38. The van der Waals surface area contributed by atoms with Gasteiger partial charge in [0.1, 0.15) is 0 Å². The van der Waals surface area contributed by atoms with Gasteiger partial charge < -0.3 is 10.2 Å². The Morgan fingerprint density at radius 3 is 2.89 bits per heavy atom. The largest absolute Gasteiger partial charge is 0.337 e. The second kappa shape index (κ2) is 5.17. The molecule has 0 aromatic heterocycles. The van der Waals surface area contributed by atoms with Crippen molar-refractivity contribution in [1.82, 2.24) is 10.2 Å². The lowest BCUT2D eigenvalue weighted by molar-refractivity contribution is -0.133. The van der Waals surface area contributed by atoms with Gasteiger partial charge in [-0.25, -0.2) is 0 Å². The number of nitrogens with one attached hydrogen (secondary N) is 1. The molecule has 3 rings (SSSR count). The Hall–Kier alpha value is -1.61. The van der Waals surface area contributed by atoms with E-state index in [1.165, 1.54) is 16.7 Å². The number of hydrogen-bond donors (Lipinski definition) is 1. The molecule has 0 fully saturated rings. The summed E-state index contributed by atoms with van der Waals surface area (Å²) in [7, 11) is 0. The van der Waals surface area contributed by atoms with E-state index in [0.717, 1.165) is 32.5 Å². The van der Waals surface area contributed by atoms with Crippen LogP contribution in [0.1, 0.15) is 24.5 Å². The van der Waals surface area contributed by atoms with Gasteiger partial charge in [-0.05, 0) is 30.9 Å². The summed E-state index contributed by atoms with van der Waals surface area (Å²) in [6.07, 6.45) is 4.03. The smallest absolute Gasteiger partial charge is 0.240 e. The van der Waals surface area contributed by atoms with Crippen molar-refractivity contribution in [2.45, 2.75) is 32.4 Å². The van der Waals surface area contributed by atoms with Crippen LogP contribution < -0.4 is 5.32 Å². The number of benzene rings is 1. The summed E-state index contributed by atoms with van der Waals surface area (Å²) in [6.45, 7) is 4.55. The standard InChI is InChI=1S/C16H20N2O/c1-12-5-4-8-18(11-12)16(19)15-9-13-6-2-3-7-14(13)10-17-15/h2-3,5-7,15,17H,4,8-11H2,1H3. The van der Waals surface area contributed by atoms with Crippen molar-refractivity contribution in [3.05, 3.63) is 47.0 Å². The first kappa shape index (κ1) is 12.4. The van der Waals surface area contributed by atoms with Crippen LogP contribution in [0.15, 0.2) is 35.9 Å². The predicted molar refractivity (Wildman–Crippen MR) is 75.7 cm³/mol. The summed E-state index contributed by atoms with van der Waals surface area (Å²) in [5.74, 6) is 0.252. The molecule has 0 bridgehead atoms. The van der Waals surface area contributed by atoms with Crippen LogP contribution in [0.25, 0.3) is 0 Å². The third-order valence-corrected chi connectivity index (χ3v) is 4.02. The normalized spacial score (nSPS) is 22.7. The Balaban J connectivity index is 1.71. The molecule has 0 spiro atoms. The van der Waals surface area contributed by atoms with Crippen molar-refractivity contribution < 1.29 is 4.79 Å². The molecule has 100 valence electrons. The average Bonchev–Trinajstić information content (AvgIpc) is 2.46. The van der Waals surface area contributed by atoms with E-state index in [0.29, 0.717) is 0 Å². The molecule has 1 N–H and O–H groups in total. The van der Waals surface area contributed by atoms with Crippen LogP contribution in [-0.2, 0) is 17.8 Å². The molecular formula is C16H20N2O. The molecule has 1 amide bonds. The number of carbonyl (C=O) groups excluding carboxylic acids is 1. The first-order valence-electron chi connectivity index (χ1n) is 6.98. The maximum atomic E-state index is 12.5. The highest BCUT2D eigenvalue weighted by Gasteiger charge is 2.28. The lowest BCUT2D eigenvalue weighted by Gasteiger charge is -2.32. The quantitative estimate of drug-likeness (QED) is 0.778. The lowest BCUT2D eigenvalue weighted by Crippen LogP contribution is -2.50. The Bertz CT molecular complexity index is 521. The maximum Gasteiger partial charge on any atom is 0.240 e. The average molecular weight is 256 g/mol. The zero-order valence-electron chi connectivity index (χ0n) is 11.4. The number of amides is 1. The SMILES string of the molecule is CC1=CCCN(C(=O)C2Cc3ccccc3CN2)C1. The van der Waals surface area contributed by atoms with Gasteiger partial charge in [0, 0.05) is 19.6 Å². The van der Waals surface area contributed by atoms with Gasteiger partial charge in [0.15, 0.2) is 0 Å². The van der Waals surface area contributed by atoms with Gasteiger partial charge in [0.25, 0.3) is 0 Å². The molecule has 2 heterocycles. The molecule has 0 aliphatic carbocycles. The van der Waals surface area contributed by atoms with Gasteiger partial charge in [-0.2, -0.15) is 0 Å². The summed E-state index contributed by atoms with van der Waals surface area (Å²) < 4.78 is 0. The van der Waals surface area contributed by atoms with Crippen LogP contribution in [0.4, 0.5) is 0 Å². The van der Waals surface area contributed by atoms with Crippen molar-refractivity contribution in [3.8, 4) is 0 Å². The molecule has 0 radical (unpaired) electrons. The Morgan fingerprint density at radius 2 is 2.11 bits per heavy atom. The van der Waals surface area contributed by atoms with E-state index in [9.17, 15) is 4.79 Å². The fourth-order valence-corrected chi connectivity index (χ4v) is 2.95. The summed E-state index contributed by atoms with van der Waals surface area (Å²) >= 11 is 0. The van der Waals surface area contributed by atoms with Crippen LogP contribution >= 0.6 is 0 Å². The zero-order chi connectivity index (χ0) is 13.2. The number of rotatable bonds is 1. The molecule has 0 saturated heterocycles. The molecule has 2 aliphatic rings. The van der Waals surface area contributed by atoms with Crippen LogP contribution in [0.2, 0.25) is 0 Å². The Labute approximate surface area is 114 Å². The van der Waals surface area contributed by atoms with Crippen molar-refractivity contribution in [3.63, 3.8) is 0 Å². The summed E-state index contributed by atoms with van der Waals surface area (Å²) in [6, 6.07) is 8.33. The van der Waals surface area contributed by atoms with E-state index in [2.05, 4.69) is 42.6 Å². The molecule has 1 atom stereocenters. The van der Waals surface area contributed by atoms with Gasteiger partial charge in [0.2, 0.25) is 5.91 Å². The molecule has 3 nitrogen and oxygen atoms in total. The second-order valence-corrected chi connectivity index (χ2v) is 5.51. The minimum absolute atomic E-state index is 0.0548. The van der Waals surface area contributed by atoms with E-state index in [1.807, 2.05) is 4.90 Å². The van der Waals surface area contributed by atoms with Crippen molar-refractivity contribution in [2.75, 3.05) is 13.1 Å². The highest BCUT2D eigenvalue weighted by molar-refractivity contribution is 5.83. The Kier molecular flexibility index (Phi) is 3.38. The lowest BCUT2D eigenvalue weighted by atomic mass is 9.95. The number of hydrogen-bond acceptors (Lipinski definition) is 2. The molecule has 1 unspecified atom stereocenters. The fraction of sp³-hybridized carbons (Fsp3) is 0.438. The molecule has 19 heavy (non-hydrogen) atoms. The van der Waals surface area contributed by atoms with E-state index in [4.69, 9.17) is 0 Å². The summed E-state index contributed by atoms with van der Waals surface area (Å²) in [5.41, 5.74) is 3.93. The van der Waals surface area contributed by atoms with Crippen molar-refractivity contribution >= 4 is 5.91 Å². The van der Waals surface area contributed by atoms with Crippen LogP contribution in [-0.4, -0.2) is 29.9 Å². The highest BCUT2D eigenvalue weighted by Crippen LogP contribution is 2.18. The molecular weight excluding hydrogens is 236 g/mol. The molecule has 3 heteroatoms. The van der Waals surface area contributed by atoms with Gasteiger partial charge >= 0.3 is 0 Å². The van der Waals surface area contributed by atoms with Crippen LogP contribution in [0.3, 0.4) is 0 Å². The van der Waals surface area contributed by atoms with Gasteiger partial charge in [-0.3, -0.25) is 4.79 Å². The van der Waals surface area contributed by atoms with Gasteiger partial charge in [0.05, 0.1) is 6.04 Å². The number of carbonyl (C=O) groups is 1. The summed E-state index contributed by atoms with van der Waals surface area (Å²) in [4.78, 5) is 14.5. The predicted octanol–water partition coefficient (Wildman–Crippen LogP) is 1.88. The van der Waals surface area contributed by atoms with Gasteiger partial charge in [-0.1, -0.05) is 35.9 Å². The first-order chi connectivity index (χ1) is 9.24. The molecule has 1 aromatic rings. The van der Waals surface area contributed by atoms with Crippen LogP contribution in [0.5, 0.6) is 0 Å². The highest BCUT2D eigenvalue weighted by atomic mass is 16.2. The van der Waals surface area contributed by atoms with E-state index >= 15 is 0 Å². The zero-order valence-corrected chi connectivity index (χ0v) is 11.4. The minimum atomic E-state index is -0.0548. The maximum absolute atomic E-state index is 12.5. The molecule has 1 aromatic carbocycles. The van der Waals surface area contributed by atoms with E-state index < -0.39 is 0 Å². The minimum Gasteiger partial charge on any atom is -0.337 e. The van der Waals surface area contributed by atoms with E-state index in [-0.39, 0.29) is 11.9 Å². The van der Waals surface area contributed by atoms with Crippen molar-refractivity contribution in [2.24, 2.45) is 0 Å². The second-order valence-electron chi connectivity index (χ2n) is 5.51. The van der Waals surface area contributed by atoms with E-state index in [1.54, 1.807) is 0 Å². The third-order valence-electron chi connectivity index (χ3n) is 4.02. The van der Waals surface area contributed by atoms with Gasteiger partial charge in [-0.15, -0.1) is 0 Å². The number of fused-ring (bicyclic) bond motifs is 1. The Morgan fingerprint density at radius 1 is 1.32 bits per heavy atom. The third kappa shape index (κ3) is 2.56.